The zero-order valence-electron chi connectivity index (χ0n) is 15.0. The Morgan fingerprint density at radius 3 is 0.938 bits per heavy atom. The van der Waals surface area contributed by atoms with Crippen LogP contribution in [0.15, 0.2) is 12.2 Å². The maximum Gasteiger partial charge on any atom is 0.344 e. The van der Waals surface area contributed by atoms with Gasteiger partial charge in [0.15, 0.2) is 46.5 Å². The molecule has 0 radical (unpaired) electrons. The molecule has 14 heteroatoms. The summed E-state index contributed by atoms with van der Waals surface area (Å²) < 4.78 is 140. The number of esters is 2. The molecule has 0 N–H and O–H groups in total. The summed E-state index contributed by atoms with van der Waals surface area (Å²) in [7, 11) is 0. The first-order chi connectivity index (χ1) is 14.9. The summed E-state index contributed by atoms with van der Waals surface area (Å²) in [4.78, 5) is 23.1. The van der Waals surface area contributed by atoms with E-state index in [0.29, 0.717) is 0 Å². The molecule has 0 aromatic heterocycles. The Morgan fingerprint density at radius 1 is 0.469 bits per heavy atom. The average molecular weight is 476 g/mol. The van der Waals surface area contributed by atoms with Gasteiger partial charge < -0.3 is 9.47 Å². The molecule has 0 spiro atoms. The molecule has 0 heterocycles. The Hall–Kier alpha value is -3.58. The van der Waals surface area contributed by atoms with E-state index in [0.717, 1.165) is 12.2 Å². The van der Waals surface area contributed by atoms with Gasteiger partial charge in [-0.1, -0.05) is 0 Å². The molecule has 0 unspecified atom stereocenters. The van der Waals surface area contributed by atoms with Crippen molar-refractivity contribution < 1.29 is 63.0 Å². The van der Waals surface area contributed by atoms with Crippen molar-refractivity contribution in [1.29, 1.82) is 0 Å². The lowest BCUT2D eigenvalue weighted by Crippen LogP contribution is -2.16. The minimum Gasteiger partial charge on any atom is -0.458 e. The van der Waals surface area contributed by atoms with Crippen LogP contribution in [-0.4, -0.2) is 25.2 Å². The van der Waals surface area contributed by atoms with Crippen molar-refractivity contribution in [2.45, 2.75) is 0 Å². The number of halogens is 10. The van der Waals surface area contributed by atoms with E-state index in [9.17, 15) is 53.5 Å². The Morgan fingerprint density at radius 2 is 0.688 bits per heavy atom. The SMILES string of the molecule is O=C(OC/C=C/COC(=O)c1c(F)c(F)c(F)c(F)c1F)c1c(F)c(F)c(F)c(F)c1F. The van der Waals surface area contributed by atoms with Crippen molar-refractivity contribution in [2.75, 3.05) is 13.2 Å². The van der Waals surface area contributed by atoms with Crippen LogP contribution in [0, 0.1) is 58.2 Å². The summed E-state index contributed by atoms with van der Waals surface area (Å²) in [6.45, 7) is -1.73. The monoisotopic (exact) mass is 476 g/mol. The molecule has 0 atom stereocenters. The molecule has 0 amide bonds. The molecule has 0 aliphatic carbocycles. The molecule has 0 saturated heterocycles. The summed E-state index contributed by atoms with van der Waals surface area (Å²) in [5.74, 6) is -28.2. The third kappa shape index (κ3) is 4.53. The first-order valence-corrected chi connectivity index (χ1v) is 7.93. The van der Waals surface area contributed by atoms with Gasteiger partial charge in [-0.3, -0.25) is 0 Å². The maximum absolute atomic E-state index is 13.4. The first kappa shape index (κ1) is 24.7. The molecule has 0 fully saturated rings. The van der Waals surface area contributed by atoms with Gasteiger partial charge in [0.2, 0.25) is 11.6 Å². The Labute approximate surface area is 170 Å². The minimum absolute atomic E-state index is 0.801. The van der Waals surface area contributed by atoms with Crippen LogP contribution in [0.4, 0.5) is 43.9 Å². The maximum atomic E-state index is 13.4. The van der Waals surface area contributed by atoms with Gasteiger partial charge in [0, 0.05) is 0 Å². The second-order valence-electron chi connectivity index (χ2n) is 5.56. The largest absolute Gasteiger partial charge is 0.458 e. The number of carbonyl (C=O) groups excluding carboxylic acids is 2. The van der Waals surface area contributed by atoms with Crippen LogP contribution in [-0.2, 0) is 9.47 Å². The van der Waals surface area contributed by atoms with E-state index < -0.39 is 94.5 Å². The fourth-order valence-corrected chi connectivity index (χ4v) is 2.10. The summed E-state index contributed by atoms with van der Waals surface area (Å²) in [5, 5.41) is 0. The zero-order chi connectivity index (χ0) is 24.3. The highest BCUT2D eigenvalue weighted by Crippen LogP contribution is 2.24. The lowest BCUT2D eigenvalue weighted by molar-refractivity contribution is 0.0512. The van der Waals surface area contributed by atoms with Gasteiger partial charge in [0.25, 0.3) is 0 Å². The van der Waals surface area contributed by atoms with E-state index in [-0.39, 0.29) is 0 Å². The van der Waals surface area contributed by atoms with Gasteiger partial charge in [0.05, 0.1) is 0 Å². The third-order valence-electron chi connectivity index (χ3n) is 3.62. The number of rotatable bonds is 6. The highest BCUT2D eigenvalue weighted by Gasteiger charge is 2.31. The quantitative estimate of drug-likeness (QED) is 0.200. The van der Waals surface area contributed by atoms with Crippen LogP contribution in [0.2, 0.25) is 0 Å². The molecular formula is C18H6F10O4. The standard InChI is InChI=1S/C18H6F10O4/c19-7-5(8(20)12(24)15(27)11(7)23)17(29)31-3-1-2-4-32-18(30)6-9(21)13(25)16(28)14(26)10(6)22/h1-2H,3-4H2/b2-1+. The second-order valence-corrected chi connectivity index (χ2v) is 5.56. The van der Waals surface area contributed by atoms with Crippen molar-refractivity contribution in [3.05, 3.63) is 81.5 Å². The van der Waals surface area contributed by atoms with E-state index >= 15 is 0 Å². The van der Waals surface area contributed by atoms with Gasteiger partial charge in [0.1, 0.15) is 24.3 Å². The van der Waals surface area contributed by atoms with Crippen molar-refractivity contribution in [2.24, 2.45) is 0 Å². The zero-order valence-corrected chi connectivity index (χ0v) is 15.0. The third-order valence-corrected chi connectivity index (χ3v) is 3.62. The van der Waals surface area contributed by atoms with Gasteiger partial charge >= 0.3 is 11.9 Å². The Kier molecular flexibility index (Phi) is 7.48. The lowest BCUT2D eigenvalue weighted by Gasteiger charge is -2.08. The normalized spacial score (nSPS) is 11.2. The second kappa shape index (κ2) is 9.70. The minimum atomic E-state index is -2.49. The van der Waals surface area contributed by atoms with Crippen molar-refractivity contribution >= 4 is 11.9 Å². The average Bonchev–Trinajstić information content (AvgIpc) is 2.76. The summed E-state index contributed by atoms with van der Waals surface area (Å²) >= 11 is 0. The number of ether oxygens (including phenoxy) is 2. The van der Waals surface area contributed by atoms with Gasteiger partial charge in [-0.15, -0.1) is 0 Å². The molecule has 32 heavy (non-hydrogen) atoms. The molecule has 2 rings (SSSR count). The fraction of sp³-hybridized carbons (Fsp3) is 0.111. The molecule has 2 aromatic rings. The van der Waals surface area contributed by atoms with Crippen LogP contribution >= 0.6 is 0 Å². The van der Waals surface area contributed by atoms with E-state index in [2.05, 4.69) is 9.47 Å². The Balaban J connectivity index is 1.99. The number of hydrogen-bond donors (Lipinski definition) is 0. The number of benzene rings is 2. The number of hydrogen-bond acceptors (Lipinski definition) is 4. The molecule has 0 aliphatic heterocycles. The summed E-state index contributed by atoms with van der Waals surface area (Å²) in [6.07, 6.45) is 1.60. The summed E-state index contributed by atoms with van der Waals surface area (Å²) in [5.41, 5.74) is -3.74. The van der Waals surface area contributed by atoms with E-state index in [1.54, 1.807) is 0 Å². The predicted molar refractivity (Wildman–Crippen MR) is 82.2 cm³/mol. The molecular weight excluding hydrogens is 470 g/mol. The summed E-state index contributed by atoms with van der Waals surface area (Å²) in [6, 6.07) is 0. The Bertz CT molecular complexity index is 984. The fourth-order valence-electron chi connectivity index (χ4n) is 2.10. The van der Waals surface area contributed by atoms with Crippen molar-refractivity contribution in [3.8, 4) is 0 Å². The van der Waals surface area contributed by atoms with E-state index in [1.165, 1.54) is 0 Å². The van der Waals surface area contributed by atoms with E-state index in [4.69, 9.17) is 0 Å². The smallest absolute Gasteiger partial charge is 0.344 e. The van der Waals surface area contributed by atoms with E-state index in [1.807, 2.05) is 0 Å². The molecule has 172 valence electrons. The molecule has 0 saturated carbocycles. The highest BCUT2D eigenvalue weighted by atomic mass is 19.2. The van der Waals surface area contributed by atoms with Crippen LogP contribution in [0.3, 0.4) is 0 Å². The van der Waals surface area contributed by atoms with Gasteiger partial charge in [-0.2, -0.15) is 0 Å². The van der Waals surface area contributed by atoms with Crippen LogP contribution in [0.1, 0.15) is 20.7 Å². The predicted octanol–water partition coefficient (Wildman–Crippen LogP) is 4.65. The van der Waals surface area contributed by atoms with Crippen LogP contribution < -0.4 is 0 Å². The molecule has 0 bridgehead atoms. The highest BCUT2D eigenvalue weighted by molar-refractivity contribution is 5.90. The van der Waals surface area contributed by atoms with Gasteiger partial charge in [-0.05, 0) is 12.2 Å². The number of carbonyl (C=O) groups is 2. The molecule has 4 nitrogen and oxygen atoms in total. The van der Waals surface area contributed by atoms with Crippen molar-refractivity contribution in [1.82, 2.24) is 0 Å². The lowest BCUT2D eigenvalue weighted by atomic mass is 10.1. The van der Waals surface area contributed by atoms with Crippen LogP contribution in [0.5, 0.6) is 0 Å². The van der Waals surface area contributed by atoms with Gasteiger partial charge in [-0.25, -0.2) is 53.5 Å². The molecule has 2 aromatic carbocycles. The van der Waals surface area contributed by atoms with Crippen LogP contribution in [0.25, 0.3) is 0 Å². The topological polar surface area (TPSA) is 52.6 Å². The first-order valence-electron chi connectivity index (χ1n) is 7.93. The molecule has 0 aliphatic rings. The van der Waals surface area contributed by atoms with Crippen molar-refractivity contribution in [3.63, 3.8) is 0 Å².